The minimum Gasteiger partial charge on any atom is -0.364 e. The summed E-state index contributed by atoms with van der Waals surface area (Å²) in [4.78, 5) is 8.36. The van der Waals surface area contributed by atoms with Crippen molar-refractivity contribution in [1.29, 1.82) is 0 Å². The highest BCUT2D eigenvalue weighted by molar-refractivity contribution is 5.80. The summed E-state index contributed by atoms with van der Waals surface area (Å²) < 4.78 is 37.7. The Morgan fingerprint density at radius 2 is 2.04 bits per heavy atom. The van der Waals surface area contributed by atoms with E-state index >= 15 is 0 Å². The van der Waals surface area contributed by atoms with E-state index in [1.807, 2.05) is 19.1 Å². The summed E-state index contributed by atoms with van der Waals surface area (Å²) >= 11 is 0. The Morgan fingerprint density at radius 1 is 1.25 bits per heavy atom. The fraction of sp³-hybridized carbons (Fsp3) is 0.550. The van der Waals surface area contributed by atoms with Gasteiger partial charge in [-0.05, 0) is 31.0 Å². The number of halogens is 3. The number of hydrogen-bond acceptors (Lipinski definition) is 3. The number of nitrogens with zero attached hydrogens (tertiary/aromatic N) is 3. The Bertz CT molecular complexity index is 693. The van der Waals surface area contributed by atoms with Crippen LogP contribution in [0.4, 0.5) is 18.9 Å². The Hall–Kier alpha value is -2.22. The van der Waals surface area contributed by atoms with E-state index in [9.17, 15) is 13.2 Å². The van der Waals surface area contributed by atoms with Gasteiger partial charge in [0.15, 0.2) is 5.96 Å². The van der Waals surface area contributed by atoms with E-state index in [-0.39, 0.29) is 6.04 Å². The highest BCUT2D eigenvalue weighted by Gasteiger charge is 2.34. The molecule has 28 heavy (non-hydrogen) atoms. The number of guanidine groups is 1. The predicted octanol–water partition coefficient (Wildman–Crippen LogP) is 2.75. The van der Waals surface area contributed by atoms with Crippen LogP contribution < -0.4 is 15.5 Å². The van der Waals surface area contributed by atoms with Gasteiger partial charge in [-0.25, -0.2) is 4.99 Å². The molecule has 154 valence electrons. The van der Waals surface area contributed by atoms with Crippen LogP contribution in [0, 0.1) is 0 Å². The number of nitrogens with one attached hydrogen (secondary N) is 2. The molecule has 0 amide bonds. The molecule has 0 saturated carbocycles. The molecule has 1 aromatic rings. The Balaban J connectivity index is 1.56. The molecule has 1 fully saturated rings. The third-order valence-electron chi connectivity index (χ3n) is 4.87. The topological polar surface area (TPSA) is 42.9 Å². The first-order valence-corrected chi connectivity index (χ1v) is 9.76. The molecule has 5 nitrogen and oxygen atoms in total. The van der Waals surface area contributed by atoms with Gasteiger partial charge in [0.1, 0.15) is 0 Å². The molecule has 0 aliphatic carbocycles. The second-order valence-electron chi connectivity index (χ2n) is 7.22. The monoisotopic (exact) mass is 395 g/mol. The van der Waals surface area contributed by atoms with Gasteiger partial charge in [0, 0.05) is 44.5 Å². The average Bonchev–Trinajstić information content (AvgIpc) is 3.31. The van der Waals surface area contributed by atoms with Crippen LogP contribution in [0.3, 0.4) is 0 Å². The number of alkyl halides is 3. The molecule has 8 heteroatoms. The maximum Gasteiger partial charge on any atom is 0.401 e. The molecular weight excluding hydrogens is 367 g/mol. The Kier molecular flexibility index (Phi) is 6.83. The highest BCUT2D eigenvalue weighted by atomic mass is 19.4. The molecule has 1 atom stereocenters. The minimum absolute atomic E-state index is 0.0258. The molecule has 2 heterocycles. The molecule has 0 radical (unpaired) electrons. The second-order valence-corrected chi connectivity index (χ2v) is 7.22. The van der Waals surface area contributed by atoms with Gasteiger partial charge in [-0.15, -0.1) is 0 Å². The third-order valence-corrected chi connectivity index (χ3v) is 4.87. The van der Waals surface area contributed by atoms with E-state index in [0.717, 1.165) is 18.7 Å². The normalized spacial score (nSPS) is 20.8. The standard InChI is InChI=1S/C20H28F3N5/c1-2-24-19(26-17-8-11-27(14-17)15-20(21,22)23)25-13-16-6-5-7-18(12-16)28-9-3-4-10-28/h3-7,12,17H,2,8-11,13-15H2,1H3,(H2,24,25,26). The zero-order valence-corrected chi connectivity index (χ0v) is 16.2. The quantitative estimate of drug-likeness (QED) is 0.442. The molecule has 3 rings (SSSR count). The summed E-state index contributed by atoms with van der Waals surface area (Å²) in [6, 6.07) is 8.28. The zero-order chi connectivity index (χ0) is 20.0. The number of benzene rings is 1. The minimum atomic E-state index is -4.15. The van der Waals surface area contributed by atoms with Gasteiger partial charge in [0.2, 0.25) is 0 Å². The van der Waals surface area contributed by atoms with E-state index < -0.39 is 12.7 Å². The van der Waals surface area contributed by atoms with Crippen molar-refractivity contribution in [3.63, 3.8) is 0 Å². The van der Waals surface area contributed by atoms with Crippen molar-refractivity contribution in [2.24, 2.45) is 4.99 Å². The SMILES string of the molecule is CCNC(=NCc1cccc(N2CC=CC2)c1)NC1CCN(CC(F)(F)F)C1. The largest absolute Gasteiger partial charge is 0.401 e. The molecule has 0 bridgehead atoms. The summed E-state index contributed by atoms with van der Waals surface area (Å²) in [5.41, 5.74) is 2.28. The molecular formula is C20H28F3N5. The van der Waals surface area contributed by atoms with Gasteiger partial charge < -0.3 is 15.5 Å². The number of rotatable bonds is 6. The lowest BCUT2D eigenvalue weighted by Crippen LogP contribution is -2.45. The molecule has 0 spiro atoms. The summed E-state index contributed by atoms with van der Waals surface area (Å²) in [5.74, 6) is 0.648. The molecule has 2 aliphatic heterocycles. The van der Waals surface area contributed by atoms with E-state index in [4.69, 9.17) is 0 Å². The van der Waals surface area contributed by atoms with Crippen molar-refractivity contribution in [3.8, 4) is 0 Å². The maximum absolute atomic E-state index is 12.6. The van der Waals surface area contributed by atoms with Crippen LogP contribution >= 0.6 is 0 Å². The van der Waals surface area contributed by atoms with Crippen LogP contribution in [0.2, 0.25) is 0 Å². The van der Waals surface area contributed by atoms with Gasteiger partial charge in [-0.1, -0.05) is 24.3 Å². The van der Waals surface area contributed by atoms with Crippen molar-refractivity contribution in [2.75, 3.05) is 44.2 Å². The highest BCUT2D eigenvalue weighted by Crippen LogP contribution is 2.20. The number of anilines is 1. The molecule has 1 saturated heterocycles. The predicted molar refractivity (Wildman–Crippen MR) is 107 cm³/mol. The smallest absolute Gasteiger partial charge is 0.364 e. The third kappa shape index (κ3) is 6.15. The number of aliphatic imine (C=N–C) groups is 1. The Labute approximate surface area is 164 Å². The summed E-state index contributed by atoms with van der Waals surface area (Å²) in [5, 5.41) is 6.47. The van der Waals surface area contributed by atoms with Crippen LogP contribution in [0.5, 0.6) is 0 Å². The van der Waals surface area contributed by atoms with E-state index in [0.29, 0.717) is 38.6 Å². The summed E-state index contributed by atoms with van der Waals surface area (Å²) in [6.45, 7) is 5.01. The average molecular weight is 395 g/mol. The van der Waals surface area contributed by atoms with Crippen LogP contribution in [0.25, 0.3) is 0 Å². The van der Waals surface area contributed by atoms with Crippen molar-refractivity contribution in [1.82, 2.24) is 15.5 Å². The molecule has 2 N–H and O–H groups in total. The number of likely N-dealkylation sites (tertiary alicyclic amines) is 1. The van der Waals surface area contributed by atoms with Crippen molar-refractivity contribution < 1.29 is 13.2 Å². The van der Waals surface area contributed by atoms with Crippen LogP contribution in [0.15, 0.2) is 41.4 Å². The second kappa shape index (κ2) is 9.32. The van der Waals surface area contributed by atoms with Crippen LogP contribution in [-0.4, -0.2) is 62.3 Å². The van der Waals surface area contributed by atoms with Crippen LogP contribution in [-0.2, 0) is 6.54 Å². The van der Waals surface area contributed by atoms with E-state index in [1.165, 1.54) is 10.6 Å². The maximum atomic E-state index is 12.6. The first-order valence-electron chi connectivity index (χ1n) is 9.76. The first kappa shape index (κ1) is 20.5. The first-order chi connectivity index (χ1) is 13.4. The van der Waals surface area contributed by atoms with Crippen LogP contribution in [0.1, 0.15) is 18.9 Å². The fourth-order valence-electron chi connectivity index (χ4n) is 3.57. The molecule has 1 unspecified atom stereocenters. The fourth-order valence-corrected chi connectivity index (χ4v) is 3.57. The molecule has 1 aromatic carbocycles. The lowest BCUT2D eigenvalue weighted by molar-refractivity contribution is -0.143. The summed E-state index contributed by atoms with van der Waals surface area (Å²) in [6.07, 6.45) is 0.838. The summed E-state index contributed by atoms with van der Waals surface area (Å²) in [7, 11) is 0. The van der Waals surface area contributed by atoms with Crippen molar-refractivity contribution in [2.45, 2.75) is 32.1 Å². The lowest BCUT2D eigenvalue weighted by atomic mass is 10.2. The van der Waals surface area contributed by atoms with Gasteiger partial charge in [0.05, 0.1) is 13.1 Å². The van der Waals surface area contributed by atoms with E-state index in [2.05, 4.69) is 44.8 Å². The zero-order valence-electron chi connectivity index (χ0n) is 16.2. The molecule has 0 aromatic heterocycles. The van der Waals surface area contributed by atoms with Gasteiger partial charge >= 0.3 is 6.18 Å². The lowest BCUT2D eigenvalue weighted by Gasteiger charge is -2.20. The van der Waals surface area contributed by atoms with Crippen molar-refractivity contribution in [3.05, 3.63) is 42.0 Å². The van der Waals surface area contributed by atoms with Gasteiger partial charge in [0.25, 0.3) is 0 Å². The van der Waals surface area contributed by atoms with Gasteiger partial charge in [-0.3, -0.25) is 4.90 Å². The van der Waals surface area contributed by atoms with Gasteiger partial charge in [-0.2, -0.15) is 13.2 Å². The van der Waals surface area contributed by atoms with E-state index in [1.54, 1.807) is 0 Å². The Morgan fingerprint density at radius 3 is 2.75 bits per heavy atom. The number of hydrogen-bond donors (Lipinski definition) is 2. The van der Waals surface area contributed by atoms with Crippen molar-refractivity contribution >= 4 is 11.6 Å². The molecule has 2 aliphatic rings.